The van der Waals surface area contributed by atoms with Crippen LogP contribution in [0.25, 0.3) is 0 Å². The molecule has 1 saturated carbocycles. The highest BCUT2D eigenvalue weighted by molar-refractivity contribution is 5.43. The normalized spacial score (nSPS) is 17.6. The van der Waals surface area contributed by atoms with E-state index in [0.29, 0.717) is 42.4 Å². The zero-order valence-electron chi connectivity index (χ0n) is 17.5. The maximum Gasteiger partial charge on any atom is 0.290 e. The van der Waals surface area contributed by atoms with Crippen molar-refractivity contribution in [1.82, 2.24) is 29.5 Å². The first-order chi connectivity index (χ1) is 14.4. The lowest BCUT2D eigenvalue weighted by atomic mass is 10.2. The third-order valence-electron chi connectivity index (χ3n) is 5.18. The van der Waals surface area contributed by atoms with Crippen LogP contribution >= 0.6 is 0 Å². The largest absolute Gasteiger partial charge is 0.495 e. The Morgan fingerprint density at radius 1 is 1.23 bits per heavy atom. The van der Waals surface area contributed by atoms with Gasteiger partial charge >= 0.3 is 0 Å². The van der Waals surface area contributed by atoms with E-state index in [1.54, 1.807) is 31.1 Å². The number of aryl methyl sites for hydroxylation is 3. The van der Waals surface area contributed by atoms with Gasteiger partial charge in [-0.25, -0.2) is 9.67 Å². The van der Waals surface area contributed by atoms with E-state index >= 15 is 0 Å². The van der Waals surface area contributed by atoms with Gasteiger partial charge in [-0.3, -0.25) is 14.5 Å². The molecule has 1 fully saturated rings. The molecule has 0 aromatic carbocycles. The summed E-state index contributed by atoms with van der Waals surface area (Å²) in [6.07, 6.45) is 2.75. The lowest BCUT2D eigenvalue weighted by Crippen LogP contribution is -2.24. The van der Waals surface area contributed by atoms with Crippen LogP contribution in [0, 0.1) is 12.8 Å². The van der Waals surface area contributed by atoms with Gasteiger partial charge in [0.15, 0.2) is 0 Å². The average molecular weight is 411 g/mol. The van der Waals surface area contributed by atoms with Crippen LogP contribution < -0.4 is 20.3 Å². The number of pyridine rings is 1. The maximum atomic E-state index is 12.4. The van der Waals surface area contributed by atoms with Gasteiger partial charge in [-0.2, -0.15) is 5.10 Å². The number of ether oxygens (including phenoxy) is 2. The standard InChI is InChI=1S/C20H25N7O3/c1-12-23-18(26(2)24-12)10-22-17-8-19(25-27(3)20(17)28)30-11-13-7-15(13)16-6-5-14(29-4)9-21-16/h5-6,8-9,13,15,22H,7,10-11H2,1-4H3/t13?,15-/m1/s1. The number of nitrogens with one attached hydrogen (secondary N) is 1. The Hall–Kier alpha value is -3.43. The summed E-state index contributed by atoms with van der Waals surface area (Å²) in [7, 11) is 5.05. The molecule has 1 aliphatic rings. The second-order valence-electron chi connectivity index (χ2n) is 7.41. The summed E-state index contributed by atoms with van der Waals surface area (Å²) >= 11 is 0. The minimum Gasteiger partial charge on any atom is -0.495 e. The van der Waals surface area contributed by atoms with Crippen LogP contribution in [0.15, 0.2) is 29.2 Å². The Morgan fingerprint density at radius 3 is 2.73 bits per heavy atom. The summed E-state index contributed by atoms with van der Waals surface area (Å²) in [6.45, 7) is 2.73. The van der Waals surface area contributed by atoms with Crippen molar-refractivity contribution in [2.24, 2.45) is 20.0 Å². The van der Waals surface area contributed by atoms with Crippen molar-refractivity contribution < 1.29 is 9.47 Å². The average Bonchev–Trinajstić information content (AvgIpc) is 3.44. The zero-order valence-corrected chi connectivity index (χ0v) is 17.5. The summed E-state index contributed by atoms with van der Waals surface area (Å²) in [5.41, 5.74) is 1.22. The molecule has 30 heavy (non-hydrogen) atoms. The summed E-state index contributed by atoms with van der Waals surface area (Å²) in [6, 6.07) is 5.54. The number of hydrogen-bond acceptors (Lipinski definition) is 8. The highest BCUT2D eigenvalue weighted by atomic mass is 16.5. The Morgan fingerprint density at radius 2 is 2.07 bits per heavy atom. The summed E-state index contributed by atoms with van der Waals surface area (Å²) in [5.74, 6) is 3.33. The Balaban J connectivity index is 1.37. The van der Waals surface area contributed by atoms with Crippen LogP contribution in [-0.2, 0) is 20.6 Å². The first kappa shape index (κ1) is 19.9. The van der Waals surface area contributed by atoms with Gasteiger partial charge in [-0.15, -0.1) is 5.10 Å². The smallest absolute Gasteiger partial charge is 0.290 e. The van der Waals surface area contributed by atoms with Crippen molar-refractivity contribution in [3.05, 3.63) is 52.1 Å². The summed E-state index contributed by atoms with van der Waals surface area (Å²) in [4.78, 5) is 21.2. The SMILES string of the molecule is COc1ccc([C@@H]2CC2COc2cc(NCc3nc(C)nn3C)c(=O)n(C)n2)nc1. The van der Waals surface area contributed by atoms with Crippen molar-refractivity contribution in [2.45, 2.75) is 25.8 Å². The lowest BCUT2D eigenvalue weighted by molar-refractivity contribution is 0.278. The molecule has 3 heterocycles. The Bertz CT molecular complexity index is 1090. The number of nitrogens with zero attached hydrogens (tertiary/aromatic N) is 6. The third-order valence-corrected chi connectivity index (χ3v) is 5.18. The number of hydrogen-bond donors (Lipinski definition) is 1. The number of methoxy groups -OCH3 is 1. The molecular formula is C20H25N7O3. The first-order valence-corrected chi connectivity index (χ1v) is 9.76. The molecule has 0 spiro atoms. The molecule has 10 nitrogen and oxygen atoms in total. The van der Waals surface area contributed by atoms with Crippen LogP contribution in [-0.4, -0.2) is 43.2 Å². The number of rotatable bonds is 8. The summed E-state index contributed by atoms with van der Waals surface area (Å²) in [5, 5.41) is 11.5. The number of aromatic nitrogens is 6. The molecule has 0 bridgehead atoms. The molecule has 1 unspecified atom stereocenters. The zero-order chi connectivity index (χ0) is 21.3. The molecular weight excluding hydrogens is 386 g/mol. The van der Waals surface area contributed by atoms with Crippen LogP contribution in [0.4, 0.5) is 5.69 Å². The first-order valence-electron chi connectivity index (χ1n) is 9.76. The molecule has 4 rings (SSSR count). The summed E-state index contributed by atoms with van der Waals surface area (Å²) < 4.78 is 14.0. The van der Waals surface area contributed by atoms with Gasteiger partial charge in [0.25, 0.3) is 5.56 Å². The molecule has 158 valence electrons. The molecule has 1 N–H and O–H groups in total. The Labute approximate surface area is 173 Å². The van der Waals surface area contributed by atoms with Gasteiger partial charge in [0, 0.05) is 37.7 Å². The second kappa shape index (κ2) is 8.13. The van der Waals surface area contributed by atoms with Crippen molar-refractivity contribution >= 4 is 5.69 Å². The second-order valence-corrected chi connectivity index (χ2v) is 7.41. The highest BCUT2D eigenvalue weighted by Crippen LogP contribution is 2.46. The topological polar surface area (TPSA) is 109 Å². The van der Waals surface area contributed by atoms with Crippen LogP contribution in [0.3, 0.4) is 0 Å². The van der Waals surface area contributed by atoms with Gasteiger partial charge in [0.2, 0.25) is 5.88 Å². The minimum absolute atomic E-state index is 0.229. The van der Waals surface area contributed by atoms with E-state index in [1.165, 1.54) is 4.68 Å². The molecule has 0 amide bonds. The fourth-order valence-corrected chi connectivity index (χ4v) is 3.38. The van der Waals surface area contributed by atoms with Gasteiger partial charge < -0.3 is 14.8 Å². The minimum atomic E-state index is -0.229. The van der Waals surface area contributed by atoms with Crippen LogP contribution in [0.5, 0.6) is 11.6 Å². The maximum absolute atomic E-state index is 12.4. The predicted molar refractivity (Wildman–Crippen MR) is 110 cm³/mol. The molecule has 1 aliphatic carbocycles. The van der Waals surface area contributed by atoms with Gasteiger partial charge in [-0.05, 0) is 25.5 Å². The monoisotopic (exact) mass is 411 g/mol. The van der Waals surface area contributed by atoms with Gasteiger partial charge in [0.05, 0.1) is 26.5 Å². The molecule has 0 saturated heterocycles. The van der Waals surface area contributed by atoms with Crippen LogP contribution in [0.2, 0.25) is 0 Å². The predicted octanol–water partition coefficient (Wildman–Crippen LogP) is 1.42. The highest BCUT2D eigenvalue weighted by Gasteiger charge is 2.40. The number of anilines is 1. The van der Waals surface area contributed by atoms with E-state index in [9.17, 15) is 4.79 Å². The van der Waals surface area contributed by atoms with Crippen molar-refractivity contribution in [1.29, 1.82) is 0 Å². The van der Waals surface area contributed by atoms with Crippen molar-refractivity contribution in [2.75, 3.05) is 19.0 Å². The fourth-order valence-electron chi connectivity index (χ4n) is 3.38. The quantitative estimate of drug-likeness (QED) is 0.593. The van der Waals surface area contributed by atoms with Gasteiger partial charge in [-0.1, -0.05) is 0 Å². The molecule has 0 aliphatic heterocycles. The van der Waals surface area contributed by atoms with Crippen molar-refractivity contribution in [3.8, 4) is 11.6 Å². The molecule has 3 aromatic heterocycles. The van der Waals surface area contributed by atoms with E-state index < -0.39 is 0 Å². The van der Waals surface area contributed by atoms with E-state index in [2.05, 4.69) is 25.5 Å². The van der Waals surface area contributed by atoms with Crippen molar-refractivity contribution in [3.63, 3.8) is 0 Å². The van der Waals surface area contributed by atoms with Crippen LogP contribution in [0.1, 0.15) is 29.7 Å². The fraction of sp³-hybridized carbons (Fsp3) is 0.450. The van der Waals surface area contributed by atoms with E-state index in [0.717, 1.165) is 23.7 Å². The van der Waals surface area contributed by atoms with E-state index in [1.807, 2.05) is 26.1 Å². The molecule has 0 radical (unpaired) electrons. The lowest BCUT2D eigenvalue weighted by Gasteiger charge is -2.10. The van der Waals surface area contributed by atoms with Gasteiger partial charge in [0.1, 0.15) is 23.1 Å². The Kier molecular flexibility index (Phi) is 5.39. The van der Waals surface area contributed by atoms with E-state index in [-0.39, 0.29) is 5.56 Å². The molecule has 10 heteroatoms. The molecule has 3 aromatic rings. The molecule has 2 atom stereocenters. The third kappa shape index (κ3) is 4.27. The van der Waals surface area contributed by atoms with E-state index in [4.69, 9.17) is 9.47 Å².